The molecule has 1 aromatic heterocycles. The van der Waals surface area contributed by atoms with Crippen LogP contribution in [0.2, 0.25) is 0 Å². The van der Waals surface area contributed by atoms with Gasteiger partial charge in [-0.25, -0.2) is 4.68 Å². The third-order valence-electron chi connectivity index (χ3n) is 4.51. The number of carbonyl (C=O) groups excluding carboxylic acids is 1. The summed E-state index contributed by atoms with van der Waals surface area (Å²) >= 11 is 0. The first kappa shape index (κ1) is 18.3. The smallest absolute Gasteiger partial charge is 0.225 e. The second-order valence-corrected chi connectivity index (χ2v) is 6.25. The average molecular weight is 359 g/mol. The van der Waals surface area contributed by atoms with E-state index in [9.17, 15) is 4.79 Å². The molecule has 1 aliphatic heterocycles. The summed E-state index contributed by atoms with van der Waals surface area (Å²) in [5, 5.41) is 7.25. The van der Waals surface area contributed by atoms with Crippen molar-refractivity contribution in [1.29, 1.82) is 0 Å². The highest BCUT2D eigenvalue weighted by Crippen LogP contribution is 2.31. The predicted octanol–water partition coefficient (Wildman–Crippen LogP) is 2.85. The molecule has 26 heavy (non-hydrogen) atoms. The summed E-state index contributed by atoms with van der Waals surface area (Å²) in [6.07, 6.45) is 5.21. The zero-order valence-corrected chi connectivity index (χ0v) is 15.2. The van der Waals surface area contributed by atoms with Gasteiger partial charge in [-0.05, 0) is 25.3 Å². The van der Waals surface area contributed by atoms with Crippen molar-refractivity contribution < 1.29 is 19.0 Å². The fraction of sp³-hybridized carbons (Fsp3) is 0.474. The van der Waals surface area contributed by atoms with Gasteiger partial charge in [0, 0.05) is 24.7 Å². The number of rotatable bonds is 8. The Balaban J connectivity index is 1.64. The normalized spacial score (nSPS) is 16.5. The second kappa shape index (κ2) is 8.71. The van der Waals surface area contributed by atoms with Gasteiger partial charge in [-0.1, -0.05) is 12.1 Å². The van der Waals surface area contributed by atoms with Crippen molar-refractivity contribution in [3.8, 4) is 11.5 Å². The number of carbonyl (C=O) groups is 1. The van der Waals surface area contributed by atoms with Gasteiger partial charge in [-0.15, -0.1) is 0 Å². The molecule has 0 bridgehead atoms. The minimum Gasteiger partial charge on any atom is -0.493 e. The third-order valence-corrected chi connectivity index (χ3v) is 4.51. The molecule has 7 heteroatoms. The van der Waals surface area contributed by atoms with Gasteiger partial charge in [0.05, 0.1) is 33.1 Å². The van der Waals surface area contributed by atoms with Gasteiger partial charge in [-0.3, -0.25) is 4.79 Å². The number of anilines is 1. The summed E-state index contributed by atoms with van der Waals surface area (Å²) in [6, 6.07) is 7.49. The highest BCUT2D eigenvalue weighted by atomic mass is 16.5. The molecule has 0 unspecified atom stereocenters. The molecular formula is C19H25N3O4. The highest BCUT2D eigenvalue weighted by molar-refractivity contribution is 5.89. The summed E-state index contributed by atoms with van der Waals surface area (Å²) in [5.74, 6) is 1.97. The lowest BCUT2D eigenvalue weighted by molar-refractivity contribution is -0.116. The highest BCUT2D eigenvalue weighted by Gasteiger charge is 2.18. The van der Waals surface area contributed by atoms with Gasteiger partial charge in [-0.2, -0.15) is 5.10 Å². The van der Waals surface area contributed by atoms with Crippen molar-refractivity contribution in [2.75, 3.05) is 26.1 Å². The Kier molecular flexibility index (Phi) is 6.12. The Morgan fingerprint density at radius 1 is 1.35 bits per heavy atom. The molecule has 1 saturated heterocycles. The first-order valence-corrected chi connectivity index (χ1v) is 8.84. The Hall–Kier alpha value is -2.54. The second-order valence-electron chi connectivity index (χ2n) is 6.25. The van der Waals surface area contributed by atoms with Crippen molar-refractivity contribution in [2.45, 2.75) is 38.3 Å². The quantitative estimate of drug-likeness (QED) is 0.784. The fourth-order valence-corrected chi connectivity index (χ4v) is 3.17. The topological polar surface area (TPSA) is 74.6 Å². The van der Waals surface area contributed by atoms with E-state index in [1.54, 1.807) is 31.2 Å². The molecule has 1 amide bonds. The number of nitrogens with zero attached hydrogens (tertiary/aromatic N) is 2. The van der Waals surface area contributed by atoms with Crippen molar-refractivity contribution in [3.05, 3.63) is 36.0 Å². The van der Waals surface area contributed by atoms with Gasteiger partial charge in [0.1, 0.15) is 5.82 Å². The molecule has 0 radical (unpaired) electrons. The minimum atomic E-state index is -0.0279. The van der Waals surface area contributed by atoms with E-state index in [1.165, 1.54) is 0 Å². The molecule has 1 fully saturated rings. The lowest BCUT2D eigenvalue weighted by atomic mass is 10.1. The summed E-state index contributed by atoms with van der Waals surface area (Å²) in [4.78, 5) is 12.2. The van der Waals surface area contributed by atoms with E-state index in [0.29, 0.717) is 30.3 Å². The van der Waals surface area contributed by atoms with Gasteiger partial charge in [0.2, 0.25) is 5.91 Å². The average Bonchev–Trinajstić information content (AvgIpc) is 3.32. The van der Waals surface area contributed by atoms with Crippen LogP contribution in [0.25, 0.3) is 0 Å². The van der Waals surface area contributed by atoms with E-state index in [2.05, 4.69) is 10.4 Å². The van der Waals surface area contributed by atoms with Crippen LogP contribution in [0, 0.1) is 0 Å². The van der Waals surface area contributed by atoms with Crippen LogP contribution in [0.3, 0.4) is 0 Å². The van der Waals surface area contributed by atoms with Crippen LogP contribution in [0.1, 0.15) is 31.2 Å². The Bertz CT molecular complexity index is 738. The molecule has 0 saturated carbocycles. The summed E-state index contributed by atoms with van der Waals surface area (Å²) in [6.45, 7) is 1.27. The number of amides is 1. The molecule has 0 spiro atoms. The summed E-state index contributed by atoms with van der Waals surface area (Å²) in [7, 11) is 3.22. The molecule has 2 aromatic rings. The number of para-hydroxylation sites is 1. The maximum atomic E-state index is 12.2. The van der Waals surface area contributed by atoms with Crippen molar-refractivity contribution >= 4 is 11.7 Å². The van der Waals surface area contributed by atoms with E-state index >= 15 is 0 Å². The molecule has 1 atom stereocenters. The van der Waals surface area contributed by atoms with Crippen LogP contribution in [-0.4, -0.2) is 42.6 Å². The molecule has 2 heterocycles. The van der Waals surface area contributed by atoms with E-state index in [0.717, 1.165) is 31.4 Å². The van der Waals surface area contributed by atoms with Crippen LogP contribution in [-0.2, 0) is 16.1 Å². The van der Waals surface area contributed by atoms with Crippen LogP contribution in [0.4, 0.5) is 5.82 Å². The van der Waals surface area contributed by atoms with Crippen molar-refractivity contribution in [3.63, 3.8) is 0 Å². The molecule has 1 aliphatic rings. The third kappa shape index (κ3) is 4.35. The number of ether oxygens (including phenoxy) is 3. The van der Waals surface area contributed by atoms with E-state index in [4.69, 9.17) is 14.2 Å². The van der Waals surface area contributed by atoms with Gasteiger partial charge < -0.3 is 19.5 Å². The standard InChI is InChI=1S/C19H25N3O4/c1-24-16-7-3-5-14(19(16)25-2)13-22-17(10-11-20-22)21-18(23)9-8-15-6-4-12-26-15/h3,5,7,10-11,15H,4,6,8-9,12-13H2,1-2H3,(H,21,23)/t15-/m1/s1. The zero-order valence-electron chi connectivity index (χ0n) is 15.2. The Morgan fingerprint density at radius 2 is 2.23 bits per heavy atom. The van der Waals surface area contributed by atoms with E-state index < -0.39 is 0 Å². The van der Waals surface area contributed by atoms with Gasteiger partial charge in [0.25, 0.3) is 0 Å². The molecular weight excluding hydrogens is 334 g/mol. The molecule has 1 N–H and O–H groups in total. The fourth-order valence-electron chi connectivity index (χ4n) is 3.17. The van der Waals surface area contributed by atoms with Crippen LogP contribution in [0.15, 0.2) is 30.5 Å². The van der Waals surface area contributed by atoms with E-state index in [-0.39, 0.29) is 12.0 Å². The number of benzene rings is 1. The monoisotopic (exact) mass is 359 g/mol. The van der Waals surface area contributed by atoms with Crippen molar-refractivity contribution in [2.24, 2.45) is 0 Å². The SMILES string of the molecule is COc1cccc(Cn2nccc2NC(=O)CC[C@H]2CCCO2)c1OC. The Morgan fingerprint density at radius 3 is 2.96 bits per heavy atom. The van der Waals surface area contributed by atoms with Crippen LogP contribution >= 0.6 is 0 Å². The number of methoxy groups -OCH3 is 2. The first-order chi connectivity index (χ1) is 12.7. The summed E-state index contributed by atoms with van der Waals surface area (Å²) < 4.78 is 18.1. The van der Waals surface area contributed by atoms with Gasteiger partial charge >= 0.3 is 0 Å². The molecule has 7 nitrogen and oxygen atoms in total. The molecule has 0 aliphatic carbocycles. The first-order valence-electron chi connectivity index (χ1n) is 8.84. The molecule has 1 aromatic carbocycles. The largest absolute Gasteiger partial charge is 0.493 e. The lowest BCUT2D eigenvalue weighted by Gasteiger charge is -2.14. The number of hydrogen-bond acceptors (Lipinski definition) is 5. The molecule has 3 rings (SSSR count). The number of hydrogen-bond donors (Lipinski definition) is 1. The van der Waals surface area contributed by atoms with Gasteiger partial charge in [0.15, 0.2) is 11.5 Å². The molecule has 140 valence electrons. The van der Waals surface area contributed by atoms with Crippen LogP contribution in [0.5, 0.6) is 11.5 Å². The maximum Gasteiger partial charge on any atom is 0.225 e. The number of nitrogens with one attached hydrogen (secondary N) is 1. The maximum absolute atomic E-state index is 12.2. The zero-order chi connectivity index (χ0) is 18.4. The summed E-state index contributed by atoms with van der Waals surface area (Å²) in [5.41, 5.74) is 0.922. The van der Waals surface area contributed by atoms with Crippen LogP contribution < -0.4 is 14.8 Å². The minimum absolute atomic E-state index is 0.0279. The van der Waals surface area contributed by atoms with E-state index in [1.807, 2.05) is 18.2 Å². The van der Waals surface area contributed by atoms with Crippen molar-refractivity contribution in [1.82, 2.24) is 9.78 Å². The predicted molar refractivity (Wildman–Crippen MR) is 97.7 cm³/mol. The lowest BCUT2D eigenvalue weighted by Crippen LogP contribution is -2.18. The number of aromatic nitrogens is 2. The Labute approximate surface area is 153 Å².